The van der Waals surface area contributed by atoms with Crippen LogP contribution in [0.25, 0.3) is 10.6 Å². The van der Waals surface area contributed by atoms with E-state index in [1.807, 2.05) is 32.9 Å². The lowest BCUT2D eigenvalue weighted by molar-refractivity contribution is -0.147. The Hall–Kier alpha value is -4.46. The highest BCUT2D eigenvalue weighted by Crippen LogP contribution is 2.34. The van der Waals surface area contributed by atoms with Gasteiger partial charge in [-0.05, 0) is 82.1 Å². The van der Waals surface area contributed by atoms with Crippen LogP contribution >= 0.6 is 11.3 Å². The van der Waals surface area contributed by atoms with Crippen molar-refractivity contribution in [3.05, 3.63) is 100 Å². The first-order valence-electron chi connectivity index (χ1n) is 16.6. The predicted octanol–water partition coefficient (Wildman–Crippen LogP) is 9.17. The van der Waals surface area contributed by atoms with Gasteiger partial charge in [0.15, 0.2) is 0 Å². The summed E-state index contributed by atoms with van der Waals surface area (Å²) in [6.45, 7) is 11.1. The third kappa shape index (κ3) is 13.3. The van der Waals surface area contributed by atoms with Crippen molar-refractivity contribution < 1.29 is 51.6 Å². The number of aromatic nitrogens is 1. The van der Waals surface area contributed by atoms with Gasteiger partial charge in [0.25, 0.3) is 0 Å². The summed E-state index contributed by atoms with van der Waals surface area (Å²) >= 11 is 1.38. The smallest absolute Gasteiger partial charge is 0.416 e. The second kappa shape index (κ2) is 20.4. The summed E-state index contributed by atoms with van der Waals surface area (Å²) in [7, 11) is 0. The van der Waals surface area contributed by atoms with Crippen LogP contribution < -0.4 is 4.74 Å². The van der Waals surface area contributed by atoms with Crippen LogP contribution in [0.2, 0.25) is 0 Å². The normalized spacial score (nSPS) is 12.3. The van der Waals surface area contributed by atoms with E-state index in [-0.39, 0.29) is 43.2 Å². The zero-order valence-corrected chi connectivity index (χ0v) is 30.1. The van der Waals surface area contributed by atoms with E-state index in [4.69, 9.17) is 23.7 Å². The quantitative estimate of drug-likeness (QED) is 0.113. The largest absolute Gasteiger partial charge is 0.508 e. The number of hydrogen-bond acceptors (Lipinski definition) is 10. The highest BCUT2D eigenvalue weighted by atomic mass is 32.1. The molecule has 0 saturated carbocycles. The number of aryl methyl sites for hydroxylation is 1. The number of aromatic hydroxyl groups is 1. The summed E-state index contributed by atoms with van der Waals surface area (Å²) in [6.07, 6.45) is -4.76. The minimum atomic E-state index is -4.37. The molecule has 0 bridgehead atoms. The second-order valence-corrected chi connectivity index (χ2v) is 12.0. The number of phenols is 1. The van der Waals surface area contributed by atoms with Crippen molar-refractivity contribution in [1.29, 1.82) is 0 Å². The molecule has 0 aliphatic rings. The van der Waals surface area contributed by atoms with Crippen LogP contribution in [0.4, 0.5) is 13.2 Å². The molecule has 51 heavy (non-hydrogen) atoms. The van der Waals surface area contributed by atoms with E-state index < -0.39 is 17.8 Å². The summed E-state index contributed by atoms with van der Waals surface area (Å²) in [5, 5.41) is 9.84. The molecule has 0 radical (unpaired) electrons. The molecular formula is C38H44F3NO8S. The zero-order chi connectivity index (χ0) is 37.4. The van der Waals surface area contributed by atoms with E-state index in [9.17, 15) is 27.9 Å². The van der Waals surface area contributed by atoms with Crippen molar-refractivity contribution in [3.8, 4) is 22.1 Å². The van der Waals surface area contributed by atoms with Gasteiger partial charge in [-0.15, -0.1) is 11.3 Å². The molecule has 0 aliphatic heterocycles. The fourth-order valence-electron chi connectivity index (χ4n) is 4.79. The van der Waals surface area contributed by atoms with Crippen molar-refractivity contribution in [2.24, 2.45) is 0 Å². The molecule has 13 heteroatoms. The van der Waals surface area contributed by atoms with Gasteiger partial charge in [0.1, 0.15) is 23.1 Å². The van der Waals surface area contributed by atoms with Crippen molar-refractivity contribution in [2.75, 3.05) is 26.4 Å². The first-order valence-corrected chi connectivity index (χ1v) is 17.4. The number of halogens is 3. The number of ether oxygens (including phenoxy) is 5. The van der Waals surface area contributed by atoms with Crippen LogP contribution in [0.1, 0.15) is 80.0 Å². The summed E-state index contributed by atoms with van der Waals surface area (Å²) in [5.41, 5.74) is 2.41. The van der Waals surface area contributed by atoms with E-state index in [2.05, 4.69) is 4.98 Å². The van der Waals surface area contributed by atoms with Crippen molar-refractivity contribution in [1.82, 2.24) is 4.98 Å². The molecule has 1 N–H and O–H groups in total. The van der Waals surface area contributed by atoms with E-state index in [1.165, 1.54) is 23.5 Å². The van der Waals surface area contributed by atoms with E-state index in [1.54, 1.807) is 50.2 Å². The minimum Gasteiger partial charge on any atom is -0.508 e. The van der Waals surface area contributed by atoms with Crippen molar-refractivity contribution in [3.63, 3.8) is 0 Å². The van der Waals surface area contributed by atoms with Gasteiger partial charge in [0, 0.05) is 18.8 Å². The number of esters is 2. The average Bonchev–Trinajstić information content (AvgIpc) is 3.48. The first-order chi connectivity index (χ1) is 24.4. The molecule has 4 rings (SSSR count). The van der Waals surface area contributed by atoms with Gasteiger partial charge in [-0.2, -0.15) is 13.2 Å². The third-order valence-electron chi connectivity index (χ3n) is 7.29. The molecule has 1 aromatic heterocycles. The molecule has 2 unspecified atom stereocenters. The maximum Gasteiger partial charge on any atom is 0.416 e. The highest BCUT2D eigenvalue weighted by molar-refractivity contribution is 7.15. The lowest BCUT2D eigenvalue weighted by atomic mass is 10.1. The van der Waals surface area contributed by atoms with Gasteiger partial charge in [-0.25, -0.2) is 4.98 Å². The maximum atomic E-state index is 12.8. The molecule has 0 amide bonds. The van der Waals surface area contributed by atoms with Crippen LogP contribution in [-0.4, -0.2) is 48.5 Å². The van der Waals surface area contributed by atoms with Gasteiger partial charge >= 0.3 is 18.1 Å². The average molecular weight is 732 g/mol. The Labute approximate surface area is 300 Å². The molecule has 1 heterocycles. The van der Waals surface area contributed by atoms with Gasteiger partial charge in [-0.3, -0.25) is 9.59 Å². The standard InChI is InChI=1S/C25H26F3NO4S.C13H18O4/c1-4-31-21(14-23(30)32-5-2)17-8-12-20(13-9-17)33-15-22-16(3)29-24(34-22)18-6-10-19(11-7-18)25(26,27)28;1-3-16-12(9-13(15)17-4-2)10-5-7-11(14)8-6-10/h6-13,21H,4-5,14-15H2,1-3H3;5-8,12,14H,3-4,9H2,1-2H3. The Bertz CT molecular complexity index is 1640. The summed E-state index contributed by atoms with van der Waals surface area (Å²) < 4.78 is 65.4. The van der Waals surface area contributed by atoms with Crippen LogP contribution in [0, 0.1) is 6.92 Å². The molecule has 0 aliphatic carbocycles. The number of carbonyl (C=O) groups is 2. The number of nitrogens with zero attached hydrogens (tertiary/aromatic N) is 1. The van der Waals surface area contributed by atoms with Crippen LogP contribution in [0.3, 0.4) is 0 Å². The lowest BCUT2D eigenvalue weighted by Gasteiger charge is -2.17. The minimum absolute atomic E-state index is 0.134. The van der Waals surface area contributed by atoms with Crippen LogP contribution in [0.15, 0.2) is 72.8 Å². The lowest BCUT2D eigenvalue weighted by Crippen LogP contribution is -2.13. The maximum absolute atomic E-state index is 12.8. The van der Waals surface area contributed by atoms with Crippen LogP contribution in [-0.2, 0) is 41.3 Å². The Balaban J connectivity index is 0.000000347. The van der Waals surface area contributed by atoms with Crippen molar-refractivity contribution in [2.45, 2.75) is 72.5 Å². The monoisotopic (exact) mass is 731 g/mol. The number of hydrogen-bond donors (Lipinski definition) is 1. The van der Waals surface area contributed by atoms with E-state index in [0.717, 1.165) is 33.8 Å². The van der Waals surface area contributed by atoms with Gasteiger partial charge in [0.2, 0.25) is 0 Å². The van der Waals surface area contributed by atoms with Crippen LogP contribution in [0.5, 0.6) is 11.5 Å². The number of rotatable bonds is 16. The number of thiazole rings is 1. The number of carbonyl (C=O) groups excluding carboxylic acids is 2. The Kier molecular flexibility index (Phi) is 16.4. The molecule has 0 fully saturated rings. The van der Waals surface area contributed by atoms with Gasteiger partial charge in [-0.1, -0.05) is 36.4 Å². The Morgan fingerprint density at radius 3 is 1.69 bits per heavy atom. The summed E-state index contributed by atoms with van der Waals surface area (Å²) in [6, 6.07) is 18.9. The Morgan fingerprint density at radius 1 is 0.745 bits per heavy atom. The third-order valence-corrected chi connectivity index (χ3v) is 8.47. The molecule has 4 aromatic rings. The molecule has 0 saturated heterocycles. The molecule has 276 valence electrons. The SMILES string of the molecule is CCOC(=O)CC(OCC)c1ccc(O)cc1.CCOC(=O)CC(OCC)c1ccc(OCc2sc(-c3ccc(C(F)(F)F)cc3)nc2C)cc1. The number of phenolic OH excluding ortho intramolecular Hbond substituents is 1. The zero-order valence-electron chi connectivity index (χ0n) is 29.3. The van der Waals surface area contributed by atoms with Crippen molar-refractivity contribution >= 4 is 23.3 Å². The predicted molar refractivity (Wildman–Crippen MR) is 187 cm³/mol. The highest BCUT2D eigenvalue weighted by Gasteiger charge is 2.30. The summed E-state index contributed by atoms with van der Waals surface area (Å²) in [5.74, 6) is 0.240. The molecule has 0 spiro atoms. The van der Waals surface area contributed by atoms with E-state index >= 15 is 0 Å². The fraction of sp³-hybridized carbons (Fsp3) is 0.395. The fourth-order valence-corrected chi connectivity index (χ4v) is 5.78. The first kappa shape index (κ1) is 41.0. The van der Waals surface area contributed by atoms with Gasteiger partial charge < -0.3 is 28.8 Å². The molecule has 9 nitrogen and oxygen atoms in total. The summed E-state index contributed by atoms with van der Waals surface area (Å²) in [4.78, 5) is 28.6. The molecule has 3 aromatic carbocycles. The molecule has 2 atom stereocenters. The Morgan fingerprint density at radius 2 is 1.24 bits per heavy atom. The van der Waals surface area contributed by atoms with E-state index in [0.29, 0.717) is 42.7 Å². The molecular weight excluding hydrogens is 687 g/mol. The second-order valence-electron chi connectivity index (χ2n) is 11.0. The number of alkyl halides is 3. The van der Waals surface area contributed by atoms with Gasteiger partial charge in [0.05, 0.1) is 54.4 Å². The number of benzene rings is 3. The topological polar surface area (TPSA) is 113 Å².